The van der Waals surface area contributed by atoms with Gasteiger partial charge in [-0.2, -0.15) is 5.10 Å². The van der Waals surface area contributed by atoms with Crippen molar-refractivity contribution < 1.29 is 14.0 Å². The summed E-state index contributed by atoms with van der Waals surface area (Å²) in [5.74, 6) is 0.129. The number of halogens is 1. The first-order valence-electron chi connectivity index (χ1n) is 12.0. The lowest BCUT2D eigenvalue weighted by molar-refractivity contribution is -0.127. The number of amides is 2. The summed E-state index contributed by atoms with van der Waals surface area (Å²) in [6, 6.07) is 12.4. The van der Waals surface area contributed by atoms with E-state index in [1.807, 2.05) is 6.92 Å². The van der Waals surface area contributed by atoms with Crippen molar-refractivity contribution in [2.75, 3.05) is 4.90 Å². The summed E-state index contributed by atoms with van der Waals surface area (Å²) in [5.41, 5.74) is 0.440. The van der Waals surface area contributed by atoms with E-state index in [9.17, 15) is 9.59 Å². The Kier molecular flexibility index (Phi) is 6.21. The van der Waals surface area contributed by atoms with Crippen molar-refractivity contribution >= 4 is 29.1 Å². The molecule has 3 aromatic rings. The van der Waals surface area contributed by atoms with E-state index in [4.69, 9.17) is 16.0 Å². The first-order chi connectivity index (χ1) is 16.5. The van der Waals surface area contributed by atoms with Crippen molar-refractivity contribution in [1.82, 2.24) is 15.1 Å². The number of carbonyl (C=O) groups excluding carboxylic acids is 2. The third-order valence-electron chi connectivity index (χ3n) is 6.94. The highest BCUT2D eigenvalue weighted by Gasteiger charge is 2.49. The van der Waals surface area contributed by atoms with Gasteiger partial charge in [-0.05, 0) is 56.2 Å². The Morgan fingerprint density at radius 2 is 1.82 bits per heavy atom. The summed E-state index contributed by atoms with van der Waals surface area (Å²) in [4.78, 5) is 29.2. The Balaban J connectivity index is 1.52. The maximum Gasteiger partial charge on any atom is 0.277 e. The van der Waals surface area contributed by atoms with Crippen molar-refractivity contribution in [3.63, 3.8) is 0 Å². The number of hydrogen-bond donors (Lipinski definition) is 1. The second kappa shape index (κ2) is 9.29. The largest absolute Gasteiger partial charge is 0.463 e. The van der Waals surface area contributed by atoms with E-state index in [1.165, 1.54) is 19.3 Å². The molecule has 1 atom stereocenters. The minimum atomic E-state index is -1.16. The third kappa shape index (κ3) is 4.25. The molecular weight excluding hydrogens is 452 g/mol. The van der Waals surface area contributed by atoms with Crippen LogP contribution >= 0.6 is 11.6 Å². The molecule has 1 aliphatic carbocycles. The lowest BCUT2D eigenvalue weighted by atomic mass is 9.91. The molecule has 34 heavy (non-hydrogen) atoms. The number of nitrogens with zero attached hydrogens (tertiary/aromatic N) is 3. The Morgan fingerprint density at radius 3 is 2.50 bits per heavy atom. The molecule has 2 amide bonds. The van der Waals surface area contributed by atoms with Crippen LogP contribution < -0.4 is 10.2 Å². The van der Waals surface area contributed by atoms with Gasteiger partial charge in [0.15, 0.2) is 5.76 Å². The summed E-state index contributed by atoms with van der Waals surface area (Å²) in [6.07, 6.45) is 9.38. The van der Waals surface area contributed by atoms with Gasteiger partial charge in [-0.1, -0.05) is 43.7 Å². The molecule has 5 rings (SSSR count). The molecule has 1 unspecified atom stereocenters. The van der Waals surface area contributed by atoms with Gasteiger partial charge < -0.3 is 9.73 Å². The summed E-state index contributed by atoms with van der Waals surface area (Å²) in [6.45, 7) is 2.05. The number of fused-ring (bicyclic) bond motifs is 1. The quantitative estimate of drug-likeness (QED) is 0.538. The van der Waals surface area contributed by atoms with Gasteiger partial charge in [-0.25, -0.2) is 0 Å². The van der Waals surface area contributed by atoms with E-state index in [1.54, 1.807) is 58.3 Å². The highest BCUT2D eigenvalue weighted by atomic mass is 35.5. The Bertz CT molecular complexity index is 1160. The molecule has 1 saturated carbocycles. The van der Waals surface area contributed by atoms with Crippen LogP contribution in [-0.2, 0) is 11.3 Å². The van der Waals surface area contributed by atoms with Crippen LogP contribution in [-0.4, -0.2) is 33.2 Å². The number of nitrogens with one attached hydrogen (secondary N) is 1. The molecule has 7 nitrogen and oxygen atoms in total. The van der Waals surface area contributed by atoms with Gasteiger partial charge in [0.1, 0.15) is 16.9 Å². The van der Waals surface area contributed by atoms with Gasteiger partial charge in [-0.15, -0.1) is 0 Å². The average molecular weight is 481 g/mol. The van der Waals surface area contributed by atoms with Gasteiger partial charge in [0.2, 0.25) is 5.91 Å². The van der Waals surface area contributed by atoms with E-state index >= 15 is 0 Å². The molecular formula is C26H29ClN4O3. The number of hydrogen-bond acceptors (Lipinski definition) is 4. The minimum Gasteiger partial charge on any atom is -0.463 e. The second-order valence-electron chi connectivity index (χ2n) is 9.46. The van der Waals surface area contributed by atoms with Crippen LogP contribution in [0.2, 0.25) is 5.02 Å². The fourth-order valence-corrected chi connectivity index (χ4v) is 5.19. The van der Waals surface area contributed by atoms with Gasteiger partial charge in [0, 0.05) is 22.8 Å². The number of anilines is 1. The topological polar surface area (TPSA) is 80.4 Å². The normalized spacial score (nSPS) is 21.6. The molecule has 1 fully saturated rings. The summed E-state index contributed by atoms with van der Waals surface area (Å²) < 4.78 is 7.11. The molecule has 2 aliphatic rings. The smallest absolute Gasteiger partial charge is 0.277 e. The molecule has 8 heteroatoms. The molecule has 2 aromatic heterocycles. The van der Waals surface area contributed by atoms with Gasteiger partial charge in [-0.3, -0.25) is 19.2 Å². The number of benzene rings is 1. The van der Waals surface area contributed by atoms with Crippen LogP contribution in [0, 0.1) is 0 Å². The van der Waals surface area contributed by atoms with Crippen LogP contribution in [0.4, 0.5) is 5.69 Å². The number of rotatable bonds is 4. The van der Waals surface area contributed by atoms with Crippen molar-refractivity contribution in [2.45, 2.75) is 70.0 Å². The zero-order valence-corrected chi connectivity index (χ0v) is 20.1. The fourth-order valence-electron chi connectivity index (χ4n) is 5.06. The maximum absolute atomic E-state index is 13.8. The third-order valence-corrected chi connectivity index (χ3v) is 7.19. The Hall–Kier alpha value is -3.06. The van der Waals surface area contributed by atoms with Crippen molar-refractivity contribution in [1.29, 1.82) is 0 Å². The monoisotopic (exact) mass is 480 g/mol. The zero-order valence-electron chi connectivity index (χ0n) is 19.3. The van der Waals surface area contributed by atoms with Gasteiger partial charge >= 0.3 is 0 Å². The molecule has 0 saturated heterocycles. The average Bonchev–Trinajstić information content (AvgIpc) is 3.47. The Morgan fingerprint density at radius 1 is 1.12 bits per heavy atom. The fraction of sp³-hybridized carbons (Fsp3) is 0.423. The molecule has 0 spiro atoms. The van der Waals surface area contributed by atoms with E-state index in [-0.39, 0.29) is 24.4 Å². The van der Waals surface area contributed by atoms with Crippen molar-refractivity contribution in [3.05, 3.63) is 59.4 Å². The molecule has 3 heterocycles. The predicted octanol–water partition coefficient (Wildman–Crippen LogP) is 5.44. The summed E-state index contributed by atoms with van der Waals surface area (Å²) in [5, 5.41) is 8.46. The van der Waals surface area contributed by atoms with Crippen LogP contribution in [0.15, 0.2) is 53.1 Å². The lowest BCUT2D eigenvalue weighted by Gasteiger charge is -2.43. The van der Waals surface area contributed by atoms with E-state index in [2.05, 4.69) is 10.4 Å². The number of carbonyl (C=O) groups is 2. The molecule has 1 aromatic carbocycles. The minimum absolute atomic E-state index is 0.115. The zero-order chi connectivity index (χ0) is 23.7. The van der Waals surface area contributed by atoms with Gasteiger partial charge in [0.25, 0.3) is 5.91 Å². The van der Waals surface area contributed by atoms with Crippen LogP contribution in [0.25, 0.3) is 11.5 Å². The highest BCUT2D eigenvalue weighted by molar-refractivity contribution is 6.30. The van der Waals surface area contributed by atoms with Crippen LogP contribution in [0.1, 0.15) is 62.4 Å². The maximum atomic E-state index is 13.8. The second-order valence-corrected chi connectivity index (χ2v) is 9.89. The van der Waals surface area contributed by atoms with Crippen LogP contribution in [0.5, 0.6) is 0 Å². The number of aromatic nitrogens is 2. The lowest BCUT2D eigenvalue weighted by Crippen LogP contribution is -2.65. The molecule has 1 N–H and O–H groups in total. The summed E-state index contributed by atoms with van der Waals surface area (Å²) in [7, 11) is 0. The molecule has 0 radical (unpaired) electrons. The van der Waals surface area contributed by atoms with E-state index in [0.717, 1.165) is 25.7 Å². The summed E-state index contributed by atoms with van der Waals surface area (Å²) >= 11 is 6.11. The van der Waals surface area contributed by atoms with E-state index < -0.39 is 5.54 Å². The first-order valence-corrected chi connectivity index (χ1v) is 12.4. The SMILES string of the molecule is CC1(C(=O)NC2CCCCCCC2)Cn2nc(-c3ccco3)cc2C(=O)N1c1ccc(Cl)cc1. The Labute approximate surface area is 204 Å². The molecule has 0 bridgehead atoms. The predicted molar refractivity (Wildman–Crippen MR) is 131 cm³/mol. The van der Waals surface area contributed by atoms with Gasteiger partial charge in [0.05, 0.1) is 12.8 Å². The standard InChI is InChI=1S/C26H29ClN4O3/c1-26(25(33)28-19-8-5-3-2-4-6-9-19)17-30-22(16-21(29-30)23-10-7-15-34-23)24(32)31(26)20-13-11-18(27)12-14-20/h7,10-16,19H,2-6,8-9,17H2,1H3,(H,28,33). The number of furan rings is 1. The molecule has 178 valence electrons. The van der Waals surface area contributed by atoms with Crippen molar-refractivity contribution in [2.24, 2.45) is 0 Å². The first kappa shape index (κ1) is 22.7. The molecule has 1 aliphatic heterocycles. The van der Waals surface area contributed by atoms with Crippen molar-refractivity contribution in [3.8, 4) is 11.5 Å². The van der Waals surface area contributed by atoms with Crippen LogP contribution in [0.3, 0.4) is 0 Å². The van der Waals surface area contributed by atoms with E-state index in [0.29, 0.717) is 27.9 Å². The highest BCUT2D eigenvalue weighted by Crippen LogP contribution is 2.35.